The summed E-state index contributed by atoms with van der Waals surface area (Å²) in [6, 6.07) is 9.42. The third-order valence-electron chi connectivity index (χ3n) is 10.5. The fraction of sp³-hybridized carbons (Fsp3) is 0.634. The molecule has 7 N–H and O–H groups in total. The van der Waals surface area contributed by atoms with E-state index in [1.54, 1.807) is 0 Å². The van der Waals surface area contributed by atoms with Crippen LogP contribution in [0.2, 0.25) is 0 Å². The highest BCUT2D eigenvalue weighted by Crippen LogP contribution is 2.46. The number of aromatic nitrogens is 3. The Labute approximate surface area is 345 Å². The van der Waals surface area contributed by atoms with Gasteiger partial charge < -0.3 is 40.7 Å². The molecule has 3 heterocycles. The van der Waals surface area contributed by atoms with Crippen LogP contribution in [-0.2, 0) is 28.7 Å². The molecule has 17 nitrogen and oxygen atoms in total. The molecule has 59 heavy (non-hydrogen) atoms. The minimum absolute atomic E-state index is 0.0317. The number of nitrogens with zero attached hydrogens (tertiary/aromatic N) is 4. The Morgan fingerprint density at radius 1 is 0.932 bits per heavy atom. The number of nitriles is 1. The number of phosphoric ester groups is 1. The molecule has 1 fully saturated rings. The Morgan fingerprint density at radius 3 is 2.12 bits per heavy atom. The average molecular weight is 845 g/mol. The Kier molecular flexibility index (Phi) is 19.7. The Bertz CT molecular complexity index is 1860. The van der Waals surface area contributed by atoms with Gasteiger partial charge in [-0.2, -0.15) is 10.4 Å². The minimum Gasteiger partial charge on any atom is -0.478 e. The molecule has 4 rings (SSSR count). The van der Waals surface area contributed by atoms with Crippen molar-refractivity contribution < 1.29 is 52.9 Å². The first kappa shape index (κ1) is 47.7. The largest absolute Gasteiger partial charge is 0.478 e. The average Bonchev–Trinajstić information content (AvgIpc) is 3.77. The van der Waals surface area contributed by atoms with Gasteiger partial charge in [-0.3, -0.25) is 13.8 Å². The zero-order valence-electron chi connectivity index (χ0n) is 34.0. The predicted molar refractivity (Wildman–Crippen MR) is 218 cm³/mol. The van der Waals surface area contributed by atoms with Crippen molar-refractivity contribution in [3.63, 3.8) is 0 Å². The second kappa shape index (κ2) is 24.3. The van der Waals surface area contributed by atoms with E-state index in [9.17, 15) is 39.6 Å². The van der Waals surface area contributed by atoms with Crippen LogP contribution >= 0.6 is 7.82 Å². The third kappa shape index (κ3) is 14.0. The zero-order chi connectivity index (χ0) is 42.7. The van der Waals surface area contributed by atoms with Gasteiger partial charge >= 0.3 is 13.8 Å². The number of carboxylic acid groups (broad SMARTS) is 1. The summed E-state index contributed by atoms with van der Waals surface area (Å²) in [6.07, 6.45) is 15.8. The van der Waals surface area contributed by atoms with Crippen molar-refractivity contribution >= 4 is 31.0 Å². The van der Waals surface area contributed by atoms with Crippen LogP contribution < -0.4 is 11.1 Å². The number of anilines is 1. The van der Waals surface area contributed by atoms with Crippen molar-refractivity contribution in [1.82, 2.24) is 19.9 Å². The van der Waals surface area contributed by atoms with Crippen LogP contribution in [0.25, 0.3) is 5.52 Å². The summed E-state index contributed by atoms with van der Waals surface area (Å²) in [6.45, 7) is 1.12. The number of ether oxygens (including phenoxy) is 2. The highest BCUT2D eigenvalue weighted by atomic mass is 31.2. The van der Waals surface area contributed by atoms with Crippen LogP contribution in [0.4, 0.5) is 5.82 Å². The number of hydrogen-bond donors (Lipinski definition) is 6. The van der Waals surface area contributed by atoms with E-state index in [1.807, 2.05) is 6.07 Å². The zero-order valence-corrected chi connectivity index (χ0v) is 34.8. The molecule has 1 aliphatic rings. The van der Waals surface area contributed by atoms with Crippen molar-refractivity contribution in [2.45, 2.75) is 140 Å². The molecule has 6 atom stereocenters. The van der Waals surface area contributed by atoms with Crippen molar-refractivity contribution in [3.05, 3.63) is 59.5 Å². The summed E-state index contributed by atoms with van der Waals surface area (Å²) in [7, 11) is -4.92. The van der Waals surface area contributed by atoms with E-state index in [0.29, 0.717) is 12.1 Å². The highest BCUT2D eigenvalue weighted by molar-refractivity contribution is 7.47. The Hall–Kier alpha value is -3.98. The maximum Gasteiger partial charge on any atom is 0.472 e. The summed E-state index contributed by atoms with van der Waals surface area (Å²) in [5, 5.41) is 48.2. The number of nitrogen functional groups attached to an aromatic ring is 1. The van der Waals surface area contributed by atoms with E-state index in [0.717, 1.165) is 32.0 Å². The van der Waals surface area contributed by atoms with Gasteiger partial charge in [0.25, 0.3) is 5.91 Å². The summed E-state index contributed by atoms with van der Waals surface area (Å²) in [5.74, 6) is -1.97. The second-order valence-electron chi connectivity index (χ2n) is 15.1. The van der Waals surface area contributed by atoms with E-state index < -0.39 is 62.9 Å². The number of carbonyl (C=O) groups excluding carboxylic acids is 1. The lowest BCUT2D eigenvalue weighted by molar-refractivity contribution is -0.0645. The van der Waals surface area contributed by atoms with Gasteiger partial charge in [0.1, 0.15) is 36.2 Å². The number of aliphatic hydroxyl groups is 2. The lowest BCUT2D eigenvalue weighted by atomic mass is 9.92. The molecule has 18 heteroatoms. The fourth-order valence-electron chi connectivity index (χ4n) is 7.18. The number of rotatable bonds is 29. The van der Waals surface area contributed by atoms with Crippen LogP contribution in [0.1, 0.15) is 136 Å². The number of aromatic carboxylic acids is 1. The number of phosphoric acid groups is 1. The van der Waals surface area contributed by atoms with Crippen LogP contribution in [0.15, 0.2) is 42.7 Å². The molecule has 0 bridgehead atoms. The van der Waals surface area contributed by atoms with Crippen LogP contribution in [0, 0.1) is 11.3 Å². The summed E-state index contributed by atoms with van der Waals surface area (Å²) in [4.78, 5) is 39.4. The number of nitrogens with one attached hydrogen (secondary N) is 1. The lowest BCUT2D eigenvalue weighted by Gasteiger charge is -2.24. The molecule has 0 radical (unpaired) electrons. The first-order chi connectivity index (χ1) is 28.4. The number of nitrogens with two attached hydrogens (primary N) is 1. The molecule has 3 aromatic rings. The predicted octanol–water partition coefficient (Wildman–Crippen LogP) is 6.06. The standard InChI is InChI=1S/C41H61N6O11P/c1-2-3-4-5-6-7-8-9-10-11-12-13-14-15-16-19-24-55-25-30(46-39(50)31-20-17-18-21-32(31)40(51)52)26-56-59(53,54)57-27-34-36(48)37(49)41(28-42,58-34)35-23-22-33-38(43)44-29-45-47(33)35/h17-18,20-23,29-30,34,36-37,48-49H,2-16,19,24-27H2,1H3,(H,46,50)(H,51,52)(H,53,54)(H2,43,44,45)/t30-,34-,36-,37-,41+/m1/s1. The normalized spacial score (nSPS) is 20.6. The van der Waals surface area contributed by atoms with E-state index in [2.05, 4.69) is 22.3 Å². The number of fused-ring (bicyclic) bond motifs is 1. The second-order valence-corrected chi connectivity index (χ2v) is 16.5. The molecular weight excluding hydrogens is 783 g/mol. The minimum atomic E-state index is -4.92. The summed E-state index contributed by atoms with van der Waals surface area (Å²) < 4.78 is 36.2. The van der Waals surface area contributed by atoms with Crippen LogP contribution in [0.5, 0.6) is 0 Å². The lowest BCUT2D eigenvalue weighted by Crippen LogP contribution is -2.42. The maximum absolute atomic E-state index is 13.2. The summed E-state index contributed by atoms with van der Waals surface area (Å²) >= 11 is 0. The van der Waals surface area contributed by atoms with Gasteiger partial charge in [-0.05, 0) is 30.7 Å². The molecule has 1 saturated heterocycles. The topological polar surface area (TPSA) is 261 Å². The molecule has 0 spiro atoms. The number of amides is 1. The van der Waals surface area contributed by atoms with Gasteiger partial charge in [-0.15, -0.1) is 0 Å². The first-order valence-electron chi connectivity index (χ1n) is 20.8. The monoisotopic (exact) mass is 844 g/mol. The molecule has 326 valence electrons. The molecular formula is C41H61N6O11P. The van der Waals surface area contributed by atoms with Crippen LogP contribution in [-0.4, -0.2) is 97.5 Å². The smallest absolute Gasteiger partial charge is 0.472 e. The van der Waals surface area contributed by atoms with Gasteiger partial charge in [0.05, 0.1) is 42.7 Å². The highest BCUT2D eigenvalue weighted by Gasteiger charge is 2.58. The molecule has 1 amide bonds. The number of unbranched alkanes of at least 4 members (excludes halogenated alkanes) is 15. The van der Waals surface area contributed by atoms with E-state index in [-0.39, 0.29) is 29.2 Å². The number of carbonyl (C=O) groups is 2. The number of benzene rings is 1. The van der Waals surface area contributed by atoms with Crippen molar-refractivity contribution in [2.24, 2.45) is 0 Å². The SMILES string of the molecule is CCCCCCCCCCCCCCCCCCOC[C@H](COP(=O)(O)OC[C@H]1O[C@@](C#N)(c2ccc3c(N)ncnn23)[C@H](O)[C@@H]1O)NC(=O)c1ccccc1C(=O)O. The molecule has 0 aliphatic carbocycles. The fourth-order valence-corrected chi connectivity index (χ4v) is 7.96. The van der Waals surface area contributed by atoms with Crippen molar-refractivity contribution in [2.75, 3.05) is 32.2 Å². The van der Waals surface area contributed by atoms with Crippen molar-refractivity contribution in [3.8, 4) is 6.07 Å². The number of carboxylic acids is 1. The first-order valence-corrected chi connectivity index (χ1v) is 22.3. The van der Waals surface area contributed by atoms with Gasteiger partial charge in [-0.1, -0.05) is 115 Å². The van der Waals surface area contributed by atoms with Gasteiger partial charge in [-0.25, -0.2) is 18.9 Å². The third-order valence-corrected chi connectivity index (χ3v) is 11.5. The quantitative estimate of drug-likeness (QED) is 0.0343. The van der Waals surface area contributed by atoms with E-state index in [4.69, 9.17) is 24.3 Å². The maximum atomic E-state index is 13.2. The Balaban J connectivity index is 1.23. The molecule has 1 aliphatic heterocycles. The molecule has 2 aromatic heterocycles. The molecule has 1 aromatic carbocycles. The van der Waals surface area contributed by atoms with Gasteiger partial charge in [0.15, 0.2) is 5.82 Å². The molecule has 0 saturated carbocycles. The Morgan fingerprint density at radius 2 is 1.53 bits per heavy atom. The summed E-state index contributed by atoms with van der Waals surface area (Å²) in [5.41, 5.74) is 3.73. The van der Waals surface area contributed by atoms with Crippen molar-refractivity contribution in [1.29, 1.82) is 5.26 Å². The number of hydrogen-bond acceptors (Lipinski definition) is 13. The van der Waals surface area contributed by atoms with E-state index >= 15 is 0 Å². The molecule has 1 unspecified atom stereocenters. The number of aliphatic hydroxyl groups excluding tert-OH is 2. The van der Waals surface area contributed by atoms with Gasteiger partial charge in [0, 0.05) is 6.61 Å². The van der Waals surface area contributed by atoms with E-state index in [1.165, 1.54) is 118 Å². The van der Waals surface area contributed by atoms with Gasteiger partial charge in [0.2, 0.25) is 5.60 Å². The van der Waals surface area contributed by atoms with Crippen LogP contribution in [0.3, 0.4) is 0 Å².